The lowest BCUT2D eigenvalue weighted by atomic mass is 9.50. The van der Waals surface area contributed by atoms with Gasteiger partial charge in [0.15, 0.2) is 30.2 Å². The number of alkyl carbamates (subject to hydrolysis) is 1. The largest absolute Gasteiger partial charge is 0.441 e. The van der Waals surface area contributed by atoms with Crippen LogP contribution in [0.25, 0.3) is 5.70 Å². The highest BCUT2D eigenvalue weighted by Crippen LogP contribution is 2.57. The molecule has 13 heteroatoms. The van der Waals surface area contributed by atoms with E-state index in [1.165, 1.54) is 0 Å². The number of imidazole rings is 1. The Labute approximate surface area is 213 Å². The fourth-order valence-corrected chi connectivity index (χ4v) is 6.17. The molecule has 2 saturated heterocycles. The minimum absolute atomic E-state index is 0.0000111. The Morgan fingerprint density at radius 3 is 2.86 bits per heavy atom. The lowest BCUT2D eigenvalue weighted by Crippen LogP contribution is -2.68. The fraction of sp³-hybridized carbons (Fsp3) is 0.625. The van der Waals surface area contributed by atoms with E-state index in [4.69, 9.17) is 9.47 Å². The quantitative estimate of drug-likeness (QED) is 0.453. The van der Waals surface area contributed by atoms with Crippen LogP contribution in [-0.2, 0) is 9.47 Å². The van der Waals surface area contributed by atoms with E-state index < -0.39 is 24.5 Å². The van der Waals surface area contributed by atoms with Crippen LogP contribution in [0.2, 0.25) is 0 Å². The molecule has 1 amide bonds. The summed E-state index contributed by atoms with van der Waals surface area (Å²) in [6, 6.07) is 1.74. The minimum atomic E-state index is -1.49. The highest BCUT2D eigenvalue weighted by Gasteiger charge is 2.58. The zero-order valence-electron chi connectivity index (χ0n) is 20.7. The van der Waals surface area contributed by atoms with Crippen LogP contribution < -0.4 is 16.0 Å². The molecular weight excluding hydrogens is 481 g/mol. The van der Waals surface area contributed by atoms with Crippen molar-refractivity contribution in [1.29, 1.82) is 0 Å². The third-order valence-electron chi connectivity index (χ3n) is 8.26. The summed E-state index contributed by atoms with van der Waals surface area (Å²) >= 11 is 0. The molecule has 1 unspecified atom stereocenters. The number of aromatic nitrogens is 4. The summed E-state index contributed by atoms with van der Waals surface area (Å²) in [4.78, 5) is 21.3. The Kier molecular flexibility index (Phi) is 5.32. The fourth-order valence-electron chi connectivity index (χ4n) is 6.17. The maximum atomic E-state index is 15.2. The molecule has 2 aromatic heterocycles. The van der Waals surface area contributed by atoms with Gasteiger partial charge in [-0.25, -0.2) is 14.2 Å². The Morgan fingerprint density at radius 2 is 2.11 bits per heavy atom. The van der Waals surface area contributed by atoms with E-state index in [2.05, 4.69) is 51.7 Å². The monoisotopic (exact) mass is 513 g/mol. The molecule has 0 radical (unpaired) electrons. The van der Waals surface area contributed by atoms with Crippen LogP contribution in [0.3, 0.4) is 0 Å². The first kappa shape index (κ1) is 22.8. The normalized spacial score (nSPS) is 34.2. The number of ether oxygens (including phenoxy) is 2. The van der Waals surface area contributed by atoms with Gasteiger partial charge in [-0.15, -0.1) is 0 Å². The number of carbonyl (C=O) groups is 1. The summed E-state index contributed by atoms with van der Waals surface area (Å²) in [7, 11) is 1.99. The summed E-state index contributed by atoms with van der Waals surface area (Å²) in [5.74, 6) is 2.16. The number of amides is 1. The lowest BCUT2D eigenvalue weighted by Gasteiger charge is -2.61. The van der Waals surface area contributed by atoms with E-state index in [-0.39, 0.29) is 18.4 Å². The molecule has 5 fully saturated rings. The molecule has 2 aromatic rings. The van der Waals surface area contributed by atoms with Crippen molar-refractivity contribution in [3.63, 3.8) is 0 Å². The van der Waals surface area contributed by atoms with Crippen molar-refractivity contribution in [3.05, 3.63) is 36.2 Å². The lowest BCUT2D eigenvalue weighted by molar-refractivity contribution is -0.0528. The van der Waals surface area contributed by atoms with Gasteiger partial charge in [-0.3, -0.25) is 9.67 Å². The number of nitrogens with zero attached hydrogens (tertiary/aromatic N) is 5. The molecule has 0 aromatic carbocycles. The second-order valence-corrected chi connectivity index (χ2v) is 10.8. The van der Waals surface area contributed by atoms with E-state index in [0.29, 0.717) is 11.5 Å². The zero-order chi connectivity index (χ0) is 25.1. The topological polar surface area (TPSA) is 125 Å². The highest BCUT2D eigenvalue weighted by molar-refractivity contribution is 5.69. The van der Waals surface area contributed by atoms with E-state index in [1.807, 2.05) is 13.2 Å². The Bertz CT molecular complexity index is 1190. The first-order valence-corrected chi connectivity index (χ1v) is 13.0. The molecule has 8 rings (SSSR count). The van der Waals surface area contributed by atoms with Crippen molar-refractivity contribution in [3.8, 4) is 0 Å². The number of carbonyl (C=O) groups excluding carboxylic acids is 1. The van der Waals surface area contributed by atoms with Crippen LogP contribution in [0.15, 0.2) is 24.7 Å². The van der Waals surface area contributed by atoms with Crippen molar-refractivity contribution in [1.82, 2.24) is 40.2 Å². The number of aromatic amines is 1. The van der Waals surface area contributed by atoms with Gasteiger partial charge in [0, 0.05) is 63.4 Å². The van der Waals surface area contributed by atoms with Crippen LogP contribution in [0, 0.1) is 5.92 Å². The van der Waals surface area contributed by atoms with Crippen molar-refractivity contribution >= 4 is 17.6 Å². The zero-order valence-corrected chi connectivity index (χ0v) is 20.7. The number of alkyl halides is 1. The van der Waals surface area contributed by atoms with Crippen molar-refractivity contribution in [2.75, 3.05) is 45.2 Å². The highest BCUT2D eigenvalue weighted by atomic mass is 19.1. The van der Waals surface area contributed by atoms with Crippen LogP contribution in [-0.4, -0.2) is 93.3 Å². The molecule has 0 spiro atoms. The number of fused-ring (bicyclic) bond motifs is 1. The molecule has 37 heavy (non-hydrogen) atoms. The number of H-pyrrole nitrogens is 1. The summed E-state index contributed by atoms with van der Waals surface area (Å²) in [5.41, 5.74) is 1.46. The number of piperazine rings is 1. The van der Waals surface area contributed by atoms with E-state index >= 15 is 4.39 Å². The molecule has 4 N–H and O–H groups in total. The van der Waals surface area contributed by atoms with Gasteiger partial charge >= 0.3 is 6.09 Å². The van der Waals surface area contributed by atoms with Crippen LogP contribution in [0.5, 0.6) is 0 Å². The first-order valence-electron chi connectivity index (χ1n) is 13.0. The summed E-state index contributed by atoms with van der Waals surface area (Å²) in [5, 5.41) is 16.9. The van der Waals surface area contributed by atoms with Crippen LogP contribution >= 0.6 is 0 Å². The molecule has 4 atom stereocenters. The number of rotatable bonds is 6. The van der Waals surface area contributed by atoms with Gasteiger partial charge in [-0.1, -0.05) is 0 Å². The van der Waals surface area contributed by atoms with Gasteiger partial charge in [-0.2, -0.15) is 5.10 Å². The van der Waals surface area contributed by atoms with Gasteiger partial charge in [0.05, 0.1) is 18.0 Å². The second-order valence-electron chi connectivity index (χ2n) is 10.8. The Hall–Kier alpha value is -3.32. The van der Waals surface area contributed by atoms with Gasteiger partial charge < -0.3 is 35.2 Å². The SMILES string of the molecule is CN1C=C(N2CCNCC2)c2nccn2C1Nc1cc([C@H]2OC[C@@H](OC(=O)NC34CC(C3)C4)[C@@H]2F)[nH]n1. The van der Waals surface area contributed by atoms with Crippen LogP contribution in [0.4, 0.5) is 15.0 Å². The third kappa shape index (κ3) is 3.91. The van der Waals surface area contributed by atoms with Gasteiger partial charge in [-0.05, 0) is 25.2 Å². The smallest absolute Gasteiger partial charge is 0.408 e. The number of halogens is 1. The third-order valence-corrected chi connectivity index (χ3v) is 8.26. The molecular formula is C24H32FN9O3. The molecule has 6 aliphatic rings. The minimum Gasteiger partial charge on any atom is -0.441 e. The number of anilines is 1. The van der Waals surface area contributed by atoms with E-state index in [9.17, 15) is 4.79 Å². The average Bonchev–Trinajstić information content (AvgIpc) is 3.59. The van der Waals surface area contributed by atoms with Gasteiger partial charge in [0.1, 0.15) is 6.10 Å². The Balaban J connectivity index is 1.00. The molecule has 3 saturated carbocycles. The number of hydrogen-bond donors (Lipinski definition) is 4. The molecule has 3 aliphatic heterocycles. The first-order chi connectivity index (χ1) is 18.0. The summed E-state index contributed by atoms with van der Waals surface area (Å²) < 4.78 is 28.3. The van der Waals surface area contributed by atoms with Gasteiger partial charge in [0.25, 0.3) is 0 Å². The average molecular weight is 514 g/mol. The van der Waals surface area contributed by atoms with Crippen LogP contribution in [0.1, 0.15) is 43.2 Å². The molecule has 3 aliphatic carbocycles. The van der Waals surface area contributed by atoms with Gasteiger partial charge in [0.2, 0.25) is 0 Å². The maximum Gasteiger partial charge on any atom is 0.408 e. The molecule has 12 nitrogen and oxygen atoms in total. The maximum absolute atomic E-state index is 15.2. The number of nitrogens with one attached hydrogen (secondary N) is 4. The summed E-state index contributed by atoms with van der Waals surface area (Å²) in [6.07, 6.45) is 4.66. The van der Waals surface area contributed by atoms with Crippen molar-refractivity contribution in [2.45, 2.75) is 49.5 Å². The second kappa shape index (κ2) is 8.62. The number of hydrogen-bond acceptors (Lipinski definition) is 9. The summed E-state index contributed by atoms with van der Waals surface area (Å²) in [6.45, 7) is 3.73. The predicted octanol–water partition coefficient (Wildman–Crippen LogP) is 1.38. The van der Waals surface area contributed by atoms with Crippen molar-refractivity contribution < 1.29 is 18.7 Å². The standard InChI is InChI=1S/C24H32FN9O3/c1-32-12-16(33-5-2-26-3-6-33)21-27-4-7-34(21)22(32)28-18-8-15(30-31-18)20-19(25)17(13-36-20)37-23(35)29-24-9-14(10-24)11-24/h4,7-8,12,14,17,19-20,22,26H,2-3,5-6,9-11,13H2,1H3,(H,29,35)(H2,28,30,31)/t14?,17-,19+,20-,22?,24?/m1/s1. The Morgan fingerprint density at radius 1 is 1.30 bits per heavy atom. The van der Waals surface area contributed by atoms with Crippen molar-refractivity contribution in [2.24, 2.45) is 5.92 Å². The van der Waals surface area contributed by atoms with E-state index in [1.54, 1.807) is 12.3 Å². The predicted molar refractivity (Wildman–Crippen MR) is 131 cm³/mol. The van der Waals surface area contributed by atoms with E-state index in [0.717, 1.165) is 62.9 Å². The molecule has 5 heterocycles. The molecule has 2 bridgehead atoms. The molecule has 198 valence electrons.